The molecular formula is C28H26N4O2. The lowest BCUT2D eigenvalue weighted by Gasteiger charge is -2.25. The second kappa shape index (κ2) is 9.06. The molecule has 170 valence electrons. The summed E-state index contributed by atoms with van der Waals surface area (Å²) in [4.78, 5) is 38.0. The maximum absolute atomic E-state index is 13.9. The highest BCUT2D eigenvalue weighted by atomic mass is 16.2. The van der Waals surface area contributed by atoms with Crippen molar-refractivity contribution in [1.29, 1.82) is 0 Å². The van der Waals surface area contributed by atoms with Crippen LogP contribution < -0.4 is 10.5 Å². The van der Waals surface area contributed by atoms with Crippen LogP contribution in [0.1, 0.15) is 37.1 Å². The summed E-state index contributed by atoms with van der Waals surface area (Å²) >= 11 is 0. The Hall–Kier alpha value is -4.06. The Morgan fingerprint density at radius 3 is 2.44 bits per heavy atom. The molecule has 0 bridgehead atoms. The number of benzodiazepines with no additional fused rings is 1. The van der Waals surface area contributed by atoms with Crippen molar-refractivity contribution in [3.63, 3.8) is 0 Å². The van der Waals surface area contributed by atoms with Crippen molar-refractivity contribution >= 4 is 23.0 Å². The predicted molar refractivity (Wildman–Crippen MR) is 134 cm³/mol. The molecule has 1 aliphatic heterocycles. The van der Waals surface area contributed by atoms with Gasteiger partial charge in [-0.05, 0) is 30.5 Å². The highest BCUT2D eigenvalue weighted by Crippen LogP contribution is 2.31. The number of rotatable bonds is 5. The molecule has 0 N–H and O–H groups in total. The van der Waals surface area contributed by atoms with E-state index in [0.29, 0.717) is 23.7 Å². The smallest absolute Gasteiger partial charge is 0.258 e. The normalized spacial score (nSPS) is 15.9. The van der Waals surface area contributed by atoms with Crippen molar-refractivity contribution in [2.45, 2.75) is 32.9 Å². The first-order valence-corrected chi connectivity index (χ1v) is 11.5. The molecule has 6 nitrogen and oxygen atoms in total. The molecule has 1 atom stereocenters. The maximum atomic E-state index is 13.9. The third kappa shape index (κ3) is 4.15. The van der Waals surface area contributed by atoms with Gasteiger partial charge in [0.25, 0.3) is 11.5 Å². The molecule has 0 fully saturated rings. The maximum Gasteiger partial charge on any atom is 0.258 e. The summed E-state index contributed by atoms with van der Waals surface area (Å²) in [6.07, 6.45) is 2.33. The lowest BCUT2D eigenvalue weighted by Crippen LogP contribution is -2.38. The van der Waals surface area contributed by atoms with E-state index in [4.69, 9.17) is 4.99 Å². The average Bonchev–Trinajstić information content (AvgIpc) is 2.95. The molecular weight excluding hydrogens is 424 g/mol. The van der Waals surface area contributed by atoms with Crippen molar-refractivity contribution in [3.8, 4) is 0 Å². The van der Waals surface area contributed by atoms with Crippen LogP contribution in [0.25, 0.3) is 5.65 Å². The number of nitrogens with zero attached hydrogens (tertiary/aromatic N) is 4. The molecule has 34 heavy (non-hydrogen) atoms. The molecule has 1 amide bonds. The number of hydrogen-bond donors (Lipinski definition) is 0. The summed E-state index contributed by atoms with van der Waals surface area (Å²) in [5.41, 5.74) is 4.38. The SMILES string of the molecule is CC(C)CC1N=C(c2ccccc2)c2ccccc2N(Cc2cc(=O)n3ccccc3n2)C1=O. The van der Waals surface area contributed by atoms with E-state index in [-0.39, 0.29) is 18.0 Å². The first kappa shape index (κ1) is 21.8. The molecule has 2 aromatic heterocycles. The number of aromatic nitrogens is 2. The number of amides is 1. The lowest BCUT2D eigenvalue weighted by atomic mass is 10.00. The molecule has 0 saturated heterocycles. The highest BCUT2D eigenvalue weighted by Gasteiger charge is 2.32. The standard InChI is InChI=1S/C28H26N4O2/c1-19(2)16-23-28(34)32(18-21-17-26(33)31-15-9-8-14-25(31)29-21)24-13-7-6-12-22(24)27(30-23)20-10-4-3-5-11-20/h3-15,17,19,23H,16,18H2,1-2H3. The van der Waals surface area contributed by atoms with E-state index < -0.39 is 6.04 Å². The van der Waals surface area contributed by atoms with Gasteiger partial charge >= 0.3 is 0 Å². The zero-order valence-electron chi connectivity index (χ0n) is 19.3. The number of para-hydroxylation sites is 1. The van der Waals surface area contributed by atoms with Crippen molar-refractivity contribution in [2.24, 2.45) is 10.9 Å². The van der Waals surface area contributed by atoms with Crippen LogP contribution in [0.3, 0.4) is 0 Å². The number of aliphatic imine (C=N–C) groups is 1. The number of pyridine rings is 1. The van der Waals surface area contributed by atoms with Crippen LogP contribution in [0.2, 0.25) is 0 Å². The van der Waals surface area contributed by atoms with Crippen LogP contribution in [0, 0.1) is 5.92 Å². The van der Waals surface area contributed by atoms with Gasteiger partial charge in [0, 0.05) is 23.4 Å². The molecule has 1 unspecified atom stereocenters. The van der Waals surface area contributed by atoms with E-state index in [1.807, 2.05) is 60.7 Å². The monoisotopic (exact) mass is 450 g/mol. The Morgan fingerprint density at radius 1 is 0.912 bits per heavy atom. The van der Waals surface area contributed by atoms with Gasteiger partial charge in [-0.1, -0.05) is 68.4 Å². The van der Waals surface area contributed by atoms with Crippen LogP contribution in [-0.2, 0) is 11.3 Å². The molecule has 0 radical (unpaired) electrons. The summed E-state index contributed by atoms with van der Waals surface area (Å²) in [6.45, 7) is 4.39. The van der Waals surface area contributed by atoms with Gasteiger partial charge < -0.3 is 4.90 Å². The Bertz CT molecular complexity index is 1440. The molecule has 0 aliphatic carbocycles. The van der Waals surface area contributed by atoms with E-state index in [0.717, 1.165) is 22.5 Å². The second-order valence-corrected chi connectivity index (χ2v) is 8.95. The molecule has 2 aromatic carbocycles. The second-order valence-electron chi connectivity index (χ2n) is 8.95. The van der Waals surface area contributed by atoms with E-state index in [9.17, 15) is 9.59 Å². The zero-order valence-corrected chi connectivity index (χ0v) is 19.3. The summed E-state index contributed by atoms with van der Waals surface area (Å²) in [6, 6.07) is 24.2. The molecule has 4 aromatic rings. The van der Waals surface area contributed by atoms with E-state index >= 15 is 0 Å². The fraction of sp³-hybridized carbons (Fsp3) is 0.214. The Labute approximate surface area is 198 Å². The van der Waals surface area contributed by atoms with Gasteiger partial charge in [0.2, 0.25) is 0 Å². The average molecular weight is 451 g/mol. The third-order valence-corrected chi connectivity index (χ3v) is 5.97. The van der Waals surface area contributed by atoms with Gasteiger partial charge in [0.05, 0.1) is 23.6 Å². The number of carbonyl (C=O) groups is 1. The van der Waals surface area contributed by atoms with Crippen LogP contribution in [0.15, 0.2) is 94.8 Å². The molecule has 1 aliphatic rings. The number of fused-ring (bicyclic) bond motifs is 2. The van der Waals surface area contributed by atoms with Crippen LogP contribution in [0.5, 0.6) is 0 Å². The van der Waals surface area contributed by atoms with E-state index in [2.05, 4.69) is 18.8 Å². The van der Waals surface area contributed by atoms with Crippen LogP contribution >= 0.6 is 0 Å². The van der Waals surface area contributed by atoms with E-state index in [1.165, 1.54) is 10.5 Å². The van der Waals surface area contributed by atoms with Gasteiger partial charge in [-0.2, -0.15) is 0 Å². The minimum Gasteiger partial charge on any atom is -0.304 e. The van der Waals surface area contributed by atoms with Gasteiger partial charge in [0.1, 0.15) is 11.7 Å². The molecule has 0 saturated carbocycles. The third-order valence-electron chi connectivity index (χ3n) is 5.97. The molecule has 3 heterocycles. The Kier molecular flexibility index (Phi) is 5.80. The Morgan fingerprint density at radius 2 is 1.65 bits per heavy atom. The van der Waals surface area contributed by atoms with Gasteiger partial charge in [-0.25, -0.2) is 4.98 Å². The molecule has 5 rings (SSSR count). The first-order valence-electron chi connectivity index (χ1n) is 11.5. The van der Waals surface area contributed by atoms with Gasteiger partial charge in [-0.15, -0.1) is 0 Å². The number of anilines is 1. The van der Waals surface area contributed by atoms with Crippen molar-refractivity contribution in [3.05, 3.63) is 112 Å². The molecule has 0 spiro atoms. The van der Waals surface area contributed by atoms with Crippen molar-refractivity contribution in [1.82, 2.24) is 9.38 Å². The summed E-state index contributed by atoms with van der Waals surface area (Å²) in [5, 5.41) is 0. The quantitative estimate of drug-likeness (QED) is 0.450. The summed E-state index contributed by atoms with van der Waals surface area (Å²) in [5.74, 6) is 0.211. The number of carbonyl (C=O) groups excluding carboxylic acids is 1. The van der Waals surface area contributed by atoms with Crippen LogP contribution in [-0.4, -0.2) is 27.0 Å². The van der Waals surface area contributed by atoms with E-state index in [1.54, 1.807) is 23.2 Å². The zero-order chi connectivity index (χ0) is 23.7. The van der Waals surface area contributed by atoms with Gasteiger partial charge in [-0.3, -0.25) is 19.0 Å². The lowest BCUT2D eigenvalue weighted by molar-refractivity contribution is -0.120. The first-order chi connectivity index (χ1) is 16.5. The summed E-state index contributed by atoms with van der Waals surface area (Å²) in [7, 11) is 0. The predicted octanol–water partition coefficient (Wildman–Crippen LogP) is 4.49. The fourth-order valence-corrected chi connectivity index (χ4v) is 4.42. The largest absolute Gasteiger partial charge is 0.304 e. The minimum atomic E-state index is -0.524. The van der Waals surface area contributed by atoms with Crippen molar-refractivity contribution < 1.29 is 4.79 Å². The fourth-order valence-electron chi connectivity index (χ4n) is 4.42. The van der Waals surface area contributed by atoms with Crippen molar-refractivity contribution in [2.75, 3.05) is 4.90 Å². The minimum absolute atomic E-state index is 0.0814. The molecule has 6 heteroatoms. The Balaban J connectivity index is 1.65. The number of hydrogen-bond acceptors (Lipinski definition) is 4. The topological polar surface area (TPSA) is 67.0 Å². The number of benzene rings is 2. The van der Waals surface area contributed by atoms with Gasteiger partial charge in [0.15, 0.2) is 0 Å². The highest BCUT2D eigenvalue weighted by molar-refractivity contribution is 6.20. The van der Waals surface area contributed by atoms with Crippen LogP contribution in [0.4, 0.5) is 5.69 Å². The summed E-state index contributed by atoms with van der Waals surface area (Å²) < 4.78 is 1.50.